The third kappa shape index (κ3) is 2.97. The first-order valence-electron chi connectivity index (χ1n) is 9.89. The van der Waals surface area contributed by atoms with Gasteiger partial charge in [-0.3, -0.25) is 4.79 Å². The van der Waals surface area contributed by atoms with Gasteiger partial charge >= 0.3 is 0 Å². The molecule has 3 aliphatic heterocycles. The minimum Gasteiger partial charge on any atom is -0.380 e. The first kappa shape index (κ1) is 17.6. The maximum absolute atomic E-state index is 12.9. The van der Waals surface area contributed by atoms with Gasteiger partial charge in [-0.1, -0.05) is 18.2 Å². The quantitative estimate of drug-likeness (QED) is 0.881. The summed E-state index contributed by atoms with van der Waals surface area (Å²) in [6.45, 7) is 6.19. The number of hydrogen-bond donors (Lipinski definition) is 1. The molecule has 4 heterocycles. The molecule has 2 atom stereocenters. The molecular weight excluding hydrogens is 354 g/mol. The summed E-state index contributed by atoms with van der Waals surface area (Å²) in [5, 5.41) is 10.3. The molecular formula is C22H25N3O3. The Balaban J connectivity index is 1.22. The number of aliphatic hydroxyl groups is 1. The van der Waals surface area contributed by atoms with Gasteiger partial charge in [0.05, 0.1) is 13.2 Å². The van der Waals surface area contributed by atoms with E-state index in [0.29, 0.717) is 30.6 Å². The number of rotatable bonds is 3. The Hall–Kier alpha value is -2.44. The molecule has 3 fully saturated rings. The summed E-state index contributed by atoms with van der Waals surface area (Å²) in [4.78, 5) is 21.8. The average molecular weight is 379 g/mol. The largest absolute Gasteiger partial charge is 0.380 e. The zero-order valence-electron chi connectivity index (χ0n) is 16.0. The summed E-state index contributed by atoms with van der Waals surface area (Å²) < 4.78 is 5.11. The van der Waals surface area contributed by atoms with Crippen molar-refractivity contribution >= 4 is 11.7 Å². The van der Waals surface area contributed by atoms with Crippen LogP contribution in [0.25, 0.3) is 0 Å². The monoisotopic (exact) mass is 379 g/mol. The molecule has 6 heteroatoms. The molecule has 146 valence electrons. The van der Waals surface area contributed by atoms with E-state index < -0.39 is 5.60 Å². The molecule has 1 amide bonds. The van der Waals surface area contributed by atoms with E-state index in [9.17, 15) is 9.90 Å². The van der Waals surface area contributed by atoms with Crippen molar-refractivity contribution in [3.8, 4) is 0 Å². The normalized spacial score (nSPS) is 25.5. The maximum Gasteiger partial charge on any atom is 0.253 e. The van der Waals surface area contributed by atoms with Gasteiger partial charge in [-0.05, 0) is 36.2 Å². The zero-order valence-corrected chi connectivity index (χ0v) is 16.0. The molecule has 5 rings (SSSR count). The molecule has 0 saturated carbocycles. The van der Waals surface area contributed by atoms with Gasteiger partial charge in [0, 0.05) is 49.8 Å². The predicted molar refractivity (Wildman–Crippen MR) is 105 cm³/mol. The van der Waals surface area contributed by atoms with E-state index in [1.807, 2.05) is 42.3 Å². The molecule has 1 N–H and O–H groups in total. The number of amides is 1. The van der Waals surface area contributed by atoms with Crippen LogP contribution in [0.15, 0.2) is 42.6 Å². The van der Waals surface area contributed by atoms with Gasteiger partial charge in [0.25, 0.3) is 5.91 Å². The number of carbonyl (C=O) groups excluding carboxylic acids is 1. The SMILES string of the molecule is Cc1ccc(N2CC3CN(C(=O)c4ccc(C5(O)COC5)cc4)CC3C2)nc1. The molecule has 3 saturated heterocycles. The number of benzene rings is 1. The summed E-state index contributed by atoms with van der Waals surface area (Å²) in [7, 11) is 0. The van der Waals surface area contributed by atoms with Gasteiger partial charge in [-0.25, -0.2) is 4.98 Å². The predicted octanol–water partition coefficient (Wildman–Crippen LogP) is 1.82. The number of aromatic nitrogens is 1. The lowest BCUT2D eigenvalue weighted by Gasteiger charge is -2.36. The van der Waals surface area contributed by atoms with E-state index in [1.165, 1.54) is 5.56 Å². The van der Waals surface area contributed by atoms with Crippen molar-refractivity contribution < 1.29 is 14.6 Å². The Morgan fingerprint density at radius 3 is 2.29 bits per heavy atom. The number of fused-ring (bicyclic) bond motifs is 1. The molecule has 28 heavy (non-hydrogen) atoms. The molecule has 2 aromatic rings. The molecule has 0 radical (unpaired) electrons. The number of likely N-dealkylation sites (tertiary alicyclic amines) is 1. The Morgan fingerprint density at radius 1 is 1.07 bits per heavy atom. The highest BCUT2D eigenvalue weighted by atomic mass is 16.5. The fraction of sp³-hybridized carbons (Fsp3) is 0.455. The van der Waals surface area contributed by atoms with Crippen LogP contribution in [0.2, 0.25) is 0 Å². The third-order valence-corrected chi connectivity index (χ3v) is 6.34. The lowest BCUT2D eigenvalue weighted by Crippen LogP contribution is -2.46. The minimum absolute atomic E-state index is 0.0813. The standard InChI is InChI=1S/C22H25N3O3/c1-15-2-7-20(23-8-15)24-9-17-11-25(12-18(17)10-24)21(26)16-3-5-19(6-4-16)22(27)13-28-14-22/h2-8,17-18,27H,9-14H2,1H3. The van der Waals surface area contributed by atoms with Crippen LogP contribution in [-0.4, -0.2) is 60.3 Å². The highest BCUT2D eigenvalue weighted by Crippen LogP contribution is 2.34. The van der Waals surface area contributed by atoms with Crippen molar-refractivity contribution in [2.45, 2.75) is 12.5 Å². The number of carbonyl (C=O) groups is 1. The summed E-state index contributed by atoms with van der Waals surface area (Å²) in [6.07, 6.45) is 1.91. The Morgan fingerprint density at radius 2 is 1.75 bits per heavy atom. The van der Waals surface area contributed by atoms with E-state index in [1.54, 1.807) is 0 Å². The highest BCUT2D eigenvalue weighted by Gasteiger charge is 2.42. The van der Waals surface area contributed by atoms with Crippen LogP contribution in [0.4, 0.5) is 5.82 Å². The van der Waals surface area contributed by atoms with Crippen molar-refractivity contribution in [2.24, 2.45) is 11.8 Å². The van der Waals surface area contributed by atoms with Crippen molar-refractivity contribution in [1.29, 1.82) is 0 Å². The van der Waals surface area contributed by atoms with E-state index in [4.69, 9.17) is 4.74 Å². The van der Waals surface area contributed by atoms with E-state index in [2.05, 4.69) is 22.0 Å². The first-order valence-corrected chi connectivity index (χ1v) is 9.89. The smallest absolute Gasteiger partial charge is 0.253 e. The zero-order chi connectivity index (χ0) is 19.3. The first-order chi connectivity index (χ1) is 13.5. The fourth-order valence-electron chi connectivity index (χ4n) is 4.56. The Bertz CT molecular complexity index is 863. The van der Waals surface area contributed by atoms with Gasteiger partial charge in [0.1, 0.15) is 11.4 Å². The second kappa shape index (κ2) is 6.57. The van der Waals surface area contributed by atoms with Gasteiger partial charge in [-0.15, -0.1) is 0 Å². The van der Waals surface area contributed by atoms with E-state index in [-0.39, 0.29) is 5.91 Å². The van der Waals surface area contributed by atoms with Crippen LogP contribution in [0.5, 0.6) is 0 Å². The molecule has 1 aromatic heterocycles. The van der Waals surface area contributed by atoms with Crippen molar-refractivity contribution in [2.75, 3.05) is 44.3 Å². The van der Waals surface area contributed by atoms with Gasteiger partial charge < -0.3 is 19.6 Å². The molecule has 0 aliphatic carbocycles. The number of aryl methyl sites for hydroxylation is 1. The minimum atomic E-state index is -0.889. The topological polar surface area (TPSA) is 65.9 Å². The Kier molecular flexibility index (Phi) is 4.14. The van der Waals surface area contributed by atoms with Gasteiger partial charge in [0.2, 0.25) is 0 Å². The molecule has 0 spiro atoms. The van der Waals surface area contributed by atoms with E-state index in [0.717, 1.165) is 37.6 Å². The van der Waals surface area contributed by atoms with Crippen LogP contribution >= 0.6 is 0 Å². The number of ether oxygens (including phenoxy) is 1. The third-order valence-electron chi connectivity index (χ3n) is 6.34. The molecule has 2 unspecified atom stereocenters. The summed E-state index contributed by atoms with van der Waals surface area (Å²) in [5.74, 6) is 2.11. The van der Waals surface area contributed by atoms with Crippen molar-refractivity contribution in [1.82, 2.24) is 9.88 Å². The lowest BCUT2D eigenvalue weighted by atomic mass is 9.91. The number of anilines is 1. The van der Waals surface area contributed by atoms with Crippen LogP contribution in [-0.2, 0) is 10.3 Å². The highest BCUT2D eigenvalue weighted by molar-refractivity contribution is 5.94. The van der Waals surface area contributed by atoms with Gasteiger partial charge in [0.15, 0.2) is 0 Å². The van der Waals surface area contributed by atoms with Crippen LogP contribution in [0.1, 0.15) is 21.5 Å². The fourth-order valence-corrected chi connectivity index (χ4v) is 4.56. The number of nitrogens with zero attached hydrogens (tertiary/aromatic N) is 3. The lowest BCUT2D eigenvalue weighted by molar-refractivity contribution is -0.184. The summed E-state index contributed by atoms with van der Waals surface area (Å²) in [6, 6.07) is 11.5. The molecule has 0 bridgehead atoms. The summed E-state index contributed by atoms with van der Waals surface area (Å²) >= 11 is 0. The maximum atomic E-state index is 12.9. The van der Waals surface area contributed by atoms with Gasteiger partial charge in [-0.2, -0.15) is 0 Å². The van der Waals surface area contributed by atoms with Crippen molar-refractivity contribution in [3.05, 3.63) is 59.3 Å². The summed E-state index contributed by atoms with van der Waals surface area (Å²) in [5.41, 5.74) is 1.78. The van der Waals surface area contributed by atoms with Crippen LogP contribution < -0.4 is 4.90 Å². The van der Waals surface area contributed by atoms with E-state index >= 15 is 0 Å². The van der Waals surface area contributed by atoms with Crippen LogP contribution in [0, 0.1) is 18.8 Å². The Labute approximate surface area is 164 Å². The molecule has 6 nitrogen and oxygen atoms in total. The molecule has 3 aliphatic rings. The number of pyridine rings is 1. The molecule has 1 aromatic carbocycles. The second-order valence-corrected chi connectivity index (χ2v) is 8.43. The van der Waals surface area contributed by atoms with Crippen LogP contribution in [0.3, 0.4) is 0 Å². The number of hydrogen-bond acceptors (Lipinski definition) is 5. The van der Waals surface area contributed by atoms with Crippen molar-refractivity contribution in [3.63, 3.8) is 0 Å². The average Bonchev–Trinajstić information content (AvgIpc) is 3.25. The second-order valence-electron chi connectivity index (χ2n) is 8.43.